The zero-order chi connectivity index (χ0) is 13.7. The highest BCUT2D eigenvalue weighted by molar-refractivity contribution is 5.82. The van der Waals surface area contributed by atoms with Crippen LogP contribution >= 0.6 is 0 Å². The summed E-state index contributed by atoms with van der Waals surface area (Å²) < 4.78 is 31.6. The number of ketones is 1. The van der Waals surface area contributed by atoms with E-state index in [2.05, 4.69) is 5.32 Å². The van der Waals surface area contributed by atoms with Crippen LogP contribution in [0.25, 0.3) is 0 Å². The first-order chi connectivity index (χ1) is 9.15. The number of benzene rings is 1. The number of carbonyl (C=O) groups excluding carboxylic acids is 1. The number of Topliss-reactive ketones (excluding diaryl/α,β-unsaturated/α-hetero) is 1. The van der Waals surface area contributed by atoms with E-state index in [4.69, 9.17) is 4.74 Å². The molecule has 1 saturated heterocycles. The summed E-state index contributed by atoms with van der Waals surface area (Å²) in [5, 5.41) is 3.20. The van der Waals surface area contributed by atoms with Crippen LogP contribution in [-0.2, 0) is 16.0 Å². The highest BCUT2D eigenvalue weighted by atomic mass is 19.1. The van der Waals surface area contributed by atoms with Gasteiger partial charge in [0.1, 0.15) is 18.2 Å². The van der Waals surface area contributed by atoms with Gasteiger partial charge in [-0.2, -0.15) is 0 Å². The Bertz CT molecular complexity index is 445. The molecule has 0 amide bonds. The Morgan fingerprint density at radius 2 is 2.05 bits per heavy atom. The second kappa shape index (κ2) is 6.73. The smallest absolute Gasteiger partial charge is 0.162 e. The summed E-state index contributed by atoms with van der Waals surface area (Å²) in [6.45, 7) is 1.78. The van der Waals surface area contributed by atoms with Crippen molar-refractivity contribution in [1.82, 2.24) is 5.32 Å². The van der Waals surface area contributed by atoms with Crippen LogP contribution in [0, 0.1) is 11.6 Å². The molecule has 1 aliphatic heterocycles. The maximum atomic E-state index is 13.4. The monoisotopic (exact) mass is 269 g/mol. The molecule has 0 radical (unpaired) electrons. The summed E-state index contributed by atoms with van der Waals surface area (Å²) >= 11 is 0. The molecule has 1 N–H and O–H groups in total. The molecule has 1 fully saturated rings. The van der Waals surface area contributed by atoms with E-state index >= 15 is 0 Å². The maximum Gasteiger partial charge on any atom is 0.162 e. The molecule has 1 aromatic rings. The van der Waals surface area contributed by atoms with Gasteiger partial charge in [-0.15, -0.1) is 0 Å². The van der Waals surface area contributed by atoms with Gasteiger partial charge < -0.3 is 10.1 Å². The molecule has 0 spiro atoms. The third-order valence-corrected chi connectivity index (χ3v) is 3.17. The highest BCUT2D eigenvalue weighted by Gasteiger charge is 2.15. The van der Waals surface area contributed by atoms with Crippen molar-refractivity contribution in [1.29, 1.82) is 0 Å². The topological polar surface area (TPSA) is 38.3 Å². The minimum absolute atomic E-state index is 0.0124. The minimum atomic E-state index is -0.685. The Balaban J connectivity index is 1.80. The molecule has 2 rings (SSSR count). The molecule has 19 heavy (non-hydrogen) atoms. The first-order valence-corrected chi connectivity index (χ1v) is 6.43. The summed E-state index contributed by atoms with van der Waals surface area (Å²) in [6.07, 6.45) is 1.82. The zero-order valence-electron chi connectivity index (χ0n) is 10.6. The van der Waals surface area contributed by atoms with Crippen LogP contribution in [-0.4, -0.2) is 31.6 Å². The molecule has 104 valence electrons. The van der Waals surface area contributed by atoms with E-state index in [1.54, 1.807) is 0 Å². The van der Waals surface area contributed by atoms with Crippen LogP contribution in [0.15, 0.2) is 18.2 Å². The lowest BCUT2D eigenvalue weighted by Gasteiger charge is -2.22. The van der Waals surface area contributed by atoms with E-state index in [1.807, 2.05) is 0 Å². The van der Waals surface area contributed by atoms with Crippen molar-refractivity contribution >= 4 is 5.78 Å². The van der Waals surface area contributed by atoms with E-state index in [0.29, 0.717) is 0 Å². The van der Waals surface area contributed by atoms with Gasteiger partial charge in [-0.3, -0.25) is 4.79 Å². The Labute approximate surface area is 111 Å². The van der Waals surface area contributed by atoms with Gasteiger partial charge in [0.2, 0.25) is 0 Å². The van der Waals surface area contributed by atoms with Crippen molar-refractivity contribution in [2.45, 2.75) is 25.4 Å². The Kier molecular flexibility index (Phi) is 4.99. The van der Waals surface area contributed by atoms with E-state index in [1.165, 1.54) is 6.07 Å². The Morgan fingerprint density at radius 1 is 1.32 bits per heavy atom. The number of hydrogen-bond donors (Lipinski definition) is 1. The fourth-order valence-electron chi connectivity index (χ4n) is 2.10. The largest absolute Gasteiger partial charge is 0.370 e. The van der Waals surface area contributed by atoms with Gasteiger partial charge in [0.05, 0.1) is 6.10 Å². The molecular weight excluding hydrogens is 252 g/mol. The fraction of sp³-hybridized carbons (Fsp3) is 0.500. The number of halogens is 2. The van der Waals surface area contributed by atoms with Gasteiger partial charge in [0.15, 0.2) is 5.78 Å². The fourth-order valence-corrected chi connectivity index (χ4v) is 2.10. The molecule has 0 atom stereocenters. The van der Waals surface area contributed by atoms with Crippen molar-refractivity contribution in [3.8, 4) is 0 Å². The van der Waals surface area contributed by atoms with Gasteiger partial charge in [-0.05, 0) is 37.6 Å². The molecule has 3 nitrogen and oxygen atoms in total. The van der Waals surface area contributed by atoms with Crippen molar-refractivity contribution in [3.05, 3.63) is 35.4 Å². The van der Waals surface area contributed by atoms with Crippen molar-refractivity contribution in [3.63, 3.8) is 0 Å². The average molecular weight is 269 g/mol. The third-order valence-electron chi connectivity index (χ3n) is 3.17. The van der Waals surface area contributed by atoms with Crippen LogP contribution in [0.2, 0.25) is 0 Å². The van der Waals surface area contributed by atoms with Gasteiger partial charge in [-0.25, -0.2) is 8.78 Å². The van der Waals surface area contributed by atoms with E-state index < -0.39 is 11.6 Å². The summed E-state index contributed by atoms with van der Waals surface area (Å²) in [5.74, 6) is -1.51. The molecule has 0 aromatic heterocycles. The number of nitrogens with one attached hydrogen (secondary N) is 1. The Morgan fingerprint density at radius 3 is 2.74 bits per heavy atom. The van der Waals surface area contributed by atoms with Gasteiger partial charge in [-0.1, -0.05) is 6.07 Å². The first kappa shape index (κ1) is 14.1. The zero-order valence-corrected chi connectivity index (χ0v) is 10.6. The molecule has 0 saturated carbocycles. The van der Waals surface area contributed by atoms with Crippen LogP contribution in [0.3, 0.4) is 0 Å². The molecule has 5 heteroatoms. The summed E-state index contributed by atoms with van der Waals surface area (Å²) in [7, 11) is 0. The quantitative estimate of drug-likeness (QED) is 0.886. The number of hydrogen-bond acceptors (Lipinski definition) is 3. The standard InChI is InChI=1S/C14H17F2NO2/c15-11-2-1-10(14(16)8-11)7-12(18)9-19-13-3-5-17-6-4-13/h1-2,8,13,17H,3-7,9H2. The maximum absolute atomic E-state index is 13.4. The predicted molar refractivity (Wildman–Crippen MR) is 66.9 cm³/mol. The number of piperidine rings is 1. The van der Waals surface area contributed by atoms with Crippen LogP contribution < -0.4 is 5.32 Å². The first-order valence-electron chi connectivity index (χ1n) is 6.43. The van der Waals surface area contributed by atoms with E-state index in [0.717, 1.165) is 38.1 Å². The Hall–Kier alpha value is -1.33. The summed E-state index contributed by atoms with van der Waals surface area (Å²) in [4.78, 5) is 11.7. The summed E-state index contributed by atoms with van der Waals surface area (Å²) in [5.41, 5.74) is 0.209. The van der Waals surface area contributed by atoms with Crippen LogP contribution in [0.1, 0.15) is 18.4 Å². The van der Waals surface area contributed by atoms with E-state index in [9.17, 15) is 13.6 Å². The third kappa shape index (κ3) is 4.36. The number of ether oxygens (including phenoxy) is 1. The lowest BCUT2D eigenvalue weighted by Crippen LogP contribution is -2.33. The molecule has 0 unspecified atom stereocenters. The lowest BCUT2D eigenvalue weighted by atomic mass is 10.1. The van der Waals surface area contributed by atoms with Crippen molar-refractivity contribution < 1.29 is 18.3 Å². The number of rotatable bonds is 5. The molecule has 0 bridgehead atoms. The molecule has 1 aliphatic rings. The normalized spacial score (nSPS) is 16.5. The molecular formula is C14H17F2NO2. The minimum Gasteiger partial charge on any atom is -0.370 e. The van der Waals surface area contributed by atoms with Gasteiger partial charge in [0.25, 0.3) is 0 Å². The van der Waals surface area contributed by atoms with E-state index in [-0.39, 0.29) is 30.5 Å². The van der Waals surface area contributed by atoms with Crippen LogP contribution in [0.4, 0.5) is 8.78 Å². The van der Waals surface area contributed by atoms with Crippen molar-refractivity contribution in [2.24, 2.45) is 0 Å². The van der Waals surface area contributed by atoms with Crippen molar-refractivity contribution in [2.75, 3.05) is 19.7 Å². The molecule has 0 aliphatic carbocycles. The second-order valence-electron chi connectivity index (χ2n) is 4.71. The number of carbonyl (C=O) groups is 1. The van der Waals surface area contributed by atoms with Gasteiger partial charge in [0, 0.05) is 12.5 Å². The predicted octanol–water partition coefficient (Wildman–Crippen LogP) is 1.84. The average Bonchev–Trinajstić information content (AvgIpc) is 2.41. The molecule has 1 aromatic carbocycles. The lowest BCUT2D eigenvalue weighted by molar-refractivity contribution is -0.125. The second-order valence-corrected chi connectivity index (χ2v) is 4.71. The summed E-state index contributed by atoms with van der Waals surface area (Å²) in [6, 6.07) is 3.24. The SMILES string of the molecule is O=C(COC1CCNCC1)Cc1ccc(F)cc1F. The molecule has 1 heterocycles. The highest BCUT2D eigenvalue weighted by Crippen LogP contribution is 2.12. The van der Waals surface area contributed by atoms with Gasteiger partial charge >= 0.3 is 0 Å². The van der Waals surface area contributed by atoms with Crippen LogP contribution in [0.5, 0.6) is 0 Å².